The highest BCUT2D eigenvalue weighted by Gasteiger charge is 2.21. The number of nitrogens with zero attached hydrogens (tertiary/aromatic N) is 2. The lowest BCUT2D eigenvalue weighted by Gasteiger charge is -2.18. The van der Waals surface area contributed by atoms with Gasteiger partial charge in [0.05, 0.1) is 19.2 Å². The molecule has 2 aromatic heterocycles. The number of aryl methyl sites for hydroxylation is 2. The maximum Gasteiger partial charge on any atom is 0.0897 e. The van der Waals surface area contributed by atoms with Crippen molar-refractivity contribution < 1.29 is 5.11 Å². The number of aliphatic hydroxyl groups excluding tert-OH is 1. The van der Waals surface area contributed by atoms with Gasteiger partial charge in [-0.15, -0.1) is 0 Å². The molecule has 1 aliphatic rings. The molecule has 1 unspecified atom stereocenters. The minimum Gasteiger partial charge on any atom is -0.389 e. The molecule has 0 saturated carbocycles. The van der Waals surface area contributed by atoms with E-state index in [0.29, 0.717) is 13.1 Å². The molecule has 0 spiro atoms. The fraction of sp³-hybridized carbons (Fsp3) is 0.310. The monoisotopic (exact) mass is 422 g/mol. The van der Waals surface area contributed by atoms with Gasteiger partial charge in [0.25, 0.3) is 0 Å². The molecule has 2 heterocycles. The van der Waals surface area contributed by atoms with Crippen LogP contribution in [-0.4, -0.2) is 20.3 Å². The van der Waals surface area contributed by atoms with Crippen LogP contribution in [0.4, 0.5) is 0 Å². The normalized spacial score (nSPS) is 15.3. The van der Waals surface area contributed by atoms with Crippen LogP contribution in [0.1, 0.15) is 36.1 Å². The molecule has 0 aliphatic heterocycles. The van der Waals surface area contributed by atoms with Crippen molar-refractivity contribution in [2.45, 2.75) is 58.2 Å². The second kappa shape index (κ2) is 7.83. The standard InChI is InChI=1S/C29H30N2O/c1-20-15-16-29-25(17-20)24-9-3-2-4-12-28(24)31(29)19-21(32)18-30-26-13-7-5-10-22(26)23-11-6-8-14-27(23)30/h5-8,10-11,13-17,21,32H,2-4,9,12,18-19H2,1H3. The number of aliphatic hydroxyl groups is 1. The van der Waals surface area contributed by atoms with Crippen molar-refractivity contribution in [1.82, 2.24) is 9.13 Å². The number of aromatic nitrogens is 2. The summed E-state index contributed by atoms with van der Waals surface area (Å²) in [5, 5.41) is 15.3. The summed E-state index contributed by atoms with van der Waals surface area (Å²) < 4.78 is 4.72. The maximum absolute atomic E-state index is 11.4. The third-order valence-corrected chi connectivity index (χ3v) is 7.25. The molecule has 32 heavy (non-hydrogen) atoms. The zero-order valence-corrected chi connectivity index (χ0v) is 18.7. The van der Waals surface area contributed by atoms with Crippen LogP contribution in [0.5, 0.6) is 0 Å². The van der Waals surface area contributed by atoms with Gasteiger partial charge in [0, 0.05) is 38.4 Å². The van der Waals surface area contributed by atoms with Crippen LogP contribution in [0.15, 0.2) is 66.7 Å². The SMILES string of the molecule is Cc1ccc2c(c1)c1c(n2CC(O)Cn2c3ccccc3c3ccccc32)CCCCC1. The highest BCUT2D eigenvalue weighted by molar-refractivity contribution is 6.07. The van der Waals surface area contributed by atoms with Crippen LogP contribution < -0.4 is 0 Å². The van der Waals surface area contributed by atoms with Gasteiger partial charge in [0.15, 0.2) is 0 Å². The van der Waals surface area contributed by atoms with Crippen molar-refractivity contribution in [3.05, 3.63) is 83.6 Å². The fourth-order valence-electron chi connectivity index (χ4n) is 5.81. The Morgan fingerprint density at radius 1 is 0.719 bits per heavy atom. The van der Waals surface area contributed by atoms with E-state index in [1.807, 2.05) is 0 Å². The van der Waals surface area contributed by atoms with E-state index in [0.717, 1.165) is 12.8 Å². The van der Waals surface area contributed by atoms with Gasteiger partial charge in [-0.1, -0.05) is 54.4 Å². The zero-order chi connectivity index (χ0) is 21.7. The fourth-order valence-corrected chi connectivity index (χ4v) is 5.81. The molecule has 1 N–H and O–H groups in total. The first-order chi connectivity index (χ1) is 15.7. The summed E-state index contributed by atoms with van der Waals surface area (Å²) in [7, 11) is 0. The average Bonchev–Trinajstić information content (AvgIpc) is 3.13. The Hall–Kier alpha value is -3.04. The van der Waals surface area contributed by atoms with Gasteiger partial charge >= 0.3 is 0 Å². The number of fused-ring (bicyclic) bond motifs is 6. The topological polar surface area (TPSA) is 30.1 Å². The van der Waals surface area contributed by atoms with Crippen LogP contribution in [0.2, 0.25) is 0 Å². The molecule has 0 fully saturated rings. The van der Waals surface area contributed by atoms with Gasteiger partial charge in [0.1, 0.15) is 0 Å². The summed E-state index contributed by atoms with van der Waals surface area (Å²) in [5.41, 5.74) is 7.95. The third-order valence-electron chi connectivity index (χ3n) is 7.25. The molecular weight excluding hydrogens is 392 g/mol. The highest BCUT2D eigenvalue weighted by Crippen LogP contribution is 2.33. The molecule has 1 aliphatic carbocycles. The summed E-state index contributed by atoms with van der Waals surface area (Å²) in [6.07, 6.45) is 5.62. The van der Waals surface area contributed by atoms with E-state index in [9.17, 15) is 5.11 Å². The lowest BCUT2D eigenvalue weighted by molar-refractivity contribution is 0.137. The number of benzene rings is 3. The molecule has 3 nitrogen and oxygen atoms in total. The van der Waals surface area contributed by atoms with Crippen LogP contribution in [-0.2, 0) is 25.9 Å². The van der Waals surface area contributed by atoms with Crippen molar-refractivity contribution in [3.8, 4) is 0 Å². The second-order valence-electron chi connectivity index (χ2n) is 9.42. The third kappa shape index (κ3) is 3.15. The summed E-state index contributed by atoms with van der Waals surface area (Å²) in [6, 6.07) is 23.9. The number of rotatable bonds is 4. The van der Waals surface area contributed by atoms with E-state index < -0.39 is 6.10 Å². The van der Waals surface area contributed by atoms with E-state index >= 15 is 0 Å². The molecule has 6 rings (SSSR count). The van der Waals surface area contributed by atoms with E-state index in [1.165, 1.54) is 68.8 Å². The number of para-hydroxylation sites is 2. The molecule has 0 saturated heterocycles. The Kier molecular flexibility index (Phi) is 4.80. The van der Waals surface area contributed by atoms with Gasteiger partial charge < -0.3 is 14.2 Å². The minimum atomic E-state index is -0.460. The van der Waals surface area contributed by atoms with Crippen molar-refractivity contribution in [2.24, 2.45) is 0 Å². The van der Waals surface area contributed by atoms with E-state index in [-0.39, 0.29) is 0 Å². The maximum atomic E-state index is 11.4. The van der Waals surface area contributed by atoms with Gasteiger partial charge in [-0.3, -0.25) is 0 Å². The van der Waals surface area contributed by atoms with Crippen LogP contribution in [0.3, 0.4) is 0 Å². The lowest BCUT2D eigenvalue weighted by Crippen LogP contribution is -2.23. The van der Waals surface area contributed by atoms with Crippen molar-refractivity contribution in [1.29, 1.82) is 0 Å². The first-order valence-electron chi connectivity index (χ1n) is 12.0. The zero-order valence-electron chi connectivity index (χ0n) is 18.7. The van der Waals surface area contributed by atoms with E-state index in [1.54, 1.807) is 0 Å². The van der Waals surface area contributed by atoms with Crippen LogP contribution in [0, 0.1) is 6.92 Å². The van der Waals surface area contributed by atoms with E-state index in [2.05, 4.69) is 82.8 Å². The molecule has 0 radical (unpaired) electrons. The molecule has 3 aromatic carbocycles. The molecule has 0 bridgehead atoms. The molecule has 1 atom stereocenters. The van der Waals surface area contributed by atoms with Crippen molar-refractivity contribution in [3.63, 3.8) is 0 Å². The molecule has 0 amide bonds. The Bertz CT molecular complexity index is 1390. The summed E-state index contributed by atoms with van der Waals surface area (Å²) in [4.78, 5) is 0. The predicted octanol–water partition coefficient (Wildman–Crippen LogP) is 6.39. The minimum absolute atomic E-state index is 0.460. The van der Waals surface area contributed by atoms with Crippen LogP contribution in [0.25, 0.3) is 32.7 Å². The van der Waals surface area contributed by atoms with Gasteiger partial charge in [-0.2, -0.15) is 0 Å². The van der Waals surface area contributed by atoms with Crippen molar-refractivity contribution >= 4 is 32.7 Å². The Morgan fingerprint density at radius 2 is 1.34 bits per heavy atom. The smallest absolute Gasteiger partial charge is 0.0897 e. The number of hydrogen-bond donors (Lipinski definition) is 1. The first-order valence-corrected chi connectivity index (χ1v) is 12.0. The van der Waals surface area contributed by atoms with Crippen LogP contribution >= 0.6 is 0 Å². The van der Waals surface area contributed by atoms with Gasteiger partial charge in [-0.25, -0.2) is 0 Å². The molecule has 3 heteroatoms. The molecule has 162 valence electrons. The molecular formula is C29H30N2O. The first kappa shape index (κ1) is 19.6. The van der Waals surface area contributed by atoms with E-state index in [4.69, 9.17) is 0 Å². The summed E-state index contributed by atoms with van der Waals surface area (Å²) in [6.45, 7) is 3.40. The summed E-state index contributed by atoms with van der Waals surface area (Å²) >= 11 is 0. The Balaban J connectivity index is 1.41. The predicted molar refractivity (Wildman–Crippen MR) is 133 cm³/mol. The lowest BCUT2D eigenvalue weighted by atomic mass is 10.0. The number of hydrogen-bond acceptors (Lipinski definition) is 1. The largest absolute Gasteiger partial charge is 0.389 e. The van der Waals surface area contributed by atoms with Gasteiger partial charge in [-0.05, 0) is 62.4 Å². The Morgan fingerprint density at radius 3 is 2.09 bits per heavy atom. The molecule has 5 aromatic rings. The second-order valence-corrected chi connectivity index (χ2v) is 9.42. The quantitative estimate of drug-likeness (QED) is 0.334. The Labute approximate surface area is 188 Å². The highest BCUT2D eigenvalue weighted by atomic mass is 16.3. The summed E-state index contributed by atoms with van der Waals surface area (Å²) in [5.74, 6) is 0. The van der Waals surface area contributed by atoms with Gasteiger partial charge in [0.2, 0.25) is 0 Å². The van der Waals surface area contributed by atoms with Crippen molar-refractivity contribution in [2.75, 3.05) is 0 Å². The average molecular weight is 423 g/mol.